The number of ether oxygens (including phenoxy) is 2. The van der Waals surface area contributed by atoms with Gasteiger partial charge in [0, 0.05) is 11.3 Å². The van der Waals surface area contributed by atoms with Crippen molar-refractivity contribution in [3.05, 3.63) is 94.4 Å². The number of benzene rings is 3. The maximum absolute atomic E-state index is 12.9. The first kappa shape index (κ1) is 26.7. The maximum Gasteiger partial charge on any atom is 0.293 e. The number of rotatable bonds is 10. The van der Waals surface area contributed by atoms with Crippen molar-refractivity contribution in [1.82, 2.24) is 4.90 Å². The smallest absolute Gasteiger partial charge is 0.293 e. The van der Waals surface area contributed by atoms with Gasteiger partial charge in [-0.3, -0.25) is 24.1 Å². The number of hydrogen-bond acceptors (Lipinski definition) is 7. The van der Waals surface area contributed by atoms with Gasteiger partial charge in [0.1, 0.15) is 0 Å². The summed E-state index contributed by atoms with van der Waals surface area (Å²) in [6.45, 7) is 3.56. The summed E-state index contributed by atoms with van der Waals surface area (Å²) in [6, 6.07) is 21.0. The number of hydrogen-bond donors (Lipinski definition) is 1. The van der Waals surface area contributed by atoms with Crippen LogP contribution in [0.3, 0.4) is 0 Å². The van der Waals surface area contributed by atoms with E-state index in [1.165, 1.54) is 0 Å². The van der Waals surface area contributed by atoms with E-state index in [-0.39, 0.29) is 29.7 Å². The molecule has 1 fully saturated rings. The van der Waals surface area contributed by atoms with E-state index in [0.717, 1.165) is 22.2 Å². The zero-order valence-electron chi connectivity index (χ0n) is 20.9. The van der Waals surface area contributed by atoms with Crippen LogP contribution in [0.2, 0.25) is 0 Å². The van der Waals surface area contributed by atoms with Gasteiger partial charge >= 0.3 is 0 Å². The third kappa shape index (κ3) is 6.68. The minimum atomic E-state index is -0.532. The molecule has 1 aliphatic heterocycles. The first-order valence-electron chi connectivity index (χ1n) is 11.9. The van der Waals surface area contributed by atoms with Crippen LogP contribution in [0.5, 0.6) is 11.5 Å². The van der Waals surface area contributed by atoms with Crippen LogP contribution in [0.25, 0.3) is 6.08 Å². The van der Waals surface area contributed by atoms with E-state index in [4.69, 9.17) is 9.47 Å². The molecule has 0 saturated carbocycles. The van der Waals surface area contributed by atoms with Gasteiger partial charge in [0.25, 0.3) is 17.1 Å². The number of anilines is 1. The van der Waals surface area contributed by atoms with Crippen LogP contribution in [0, 0.1) is 6.92 Å². The number of nitrogens with one attached hydrogen (secondary N) is 1. The van der Waals surface area contributed by atoms with Gasteiger partial charge in [-0.1, -0.05) is 48.5 Å². The lowest BCUT2D eigenvalue weighted by Gasteiger charge is -2.13. The highest BCUT2D eigenvalue weighted by Gasteiger charge is 2.36. The summed E-state index contributed by atoms with van der Waals surface area (Å²) in [5.41, 5.74) is 2.74. The summed E-state index contributed by atoms with van der Waals surface area (Å²) in [5.74, 6) is -0.412. The number of nitrogens with zero attached hydrogens (tertiary/aromatic N) is 1. The Morgan fingerprint density at radius 3 is 2.47 bits per heavy atom. The van der Waals surface area contributed by atoms with Gasteiger partial charge < -0.3 is 14.8 Å². The van der Waals surface area contributed by atoms with Crippen LogP contribution < -0.4 is 14.8 Å². The van der Waals surface area contributed by atoms with E-state index < -0.39 is 11.1 Å². The second-order valence-electron chi connectivity index (χ2n) is 8.40. The molecule has 38 heavy (non-hydrogen) atoms. The van der Waals surface area contributed by atoms with Crippen LogP contribution in [0.4, 0.5) is 10.5 Å². The molecule has 9 heteroatoms. The molecule has 3 aromatic rings. The predicted molar refractivity (Wildman–Crippen MR) is 146 cm³/mol. The van der Waals surface area contributed by atoms with Gasteiger partial charge in [0.2, 0.25) is 0 Å². The number of imide groups is 1. The van der Waals surface area contributed by atoms with E-state index in [0.29, 0.717) is 34.9 Å². The molecule has 0 aliphatic carbocycles. The van der Waals surface area contributed by atoms with Crippen LogP contribution in [0.1, 0.15) is 28.4 Å². The summed E-state index contributed by atoms with van der Waals surface area (Å²) in [6.07, 6.45) is 1.56. The summed E-state index contributed by atoms with van der Waals surface area (Å²) >= 11 is 0.775. The highest BCUT2D eigenvalue weighted by Crippen LogP contribution is 2.35. The molecule has 1 aliphatic rings. The largest absolute Gasteiger partial charge is 0.490 e. The first-order valence-corrected chi connectivity index (χ1v) is 12.8. The fourth-order valence-corrected chi connectivity index (χ4v) is 4.55. The Kier molecular flexibility index (Phi) is 8.60. The minimum Gasteiger partial charge on any atom is -0.490 e. The molecule has 4 rings (SSSR count). The van der Waals surface area contributed by atoms with Crippen molar-refractivity contribution in [2.45, 2.75) is 13.8 Å². The molecule has 0 radical (unpaired) electrons. The Balaban J connectivity index is 1.43. The fraction of sp³-hybridized carbons (Fsp3) is 0.172. The van der Waals surface area contributed by atoms with Crippen LogP contribution >= 0.6 is 11.8 Å². The lowest BCUT2D eigenvalue weighted by atomic mass is 10.1. The van der Waals surface area contributed by atoms with Crippen molar-refractivity contribution in [1.29, 1.82) is 0 Å². The van der Waals surface area contributed by atoms with Gasteiger partial charge in [-0.15, -0.1) is 0 Å². The highest BCUT2D eigenvalue weighted by molar-refractivity contribution is 8.18. The first-order chi connectivity index (χ1) is 18.3. The molecule has 0 unspecified atom stereocenters. The van der Waals surface area contributed by atoms with Crippen molar-refractivity contribution in [3.8, 4) is 11.5 Å². The fourth-order valence-electron chi connectivity index (χ4n) is 3.71. The molecule has 1 N–H and O–H groups in total. The molecule has 0 aromatic heterocycles. The Labute approximate surface area is 224 Å². The third-order valence-corrected chi connectivity index (χ3v) is 6.40. The van der Waals surface area contributed by atoms with Gasteiger partial charge in [0.05, 0.1) is 18.1 Å². The Morgan fingerprint density at radius 1 is 0.947 bits per heavy atom. The number of ketones is 1. The molecule has 0 atom stereocenters. The summed E-state index contributed by atoms with van der Waals surface area (Å²) < 4.78 is 11.4. The van der Waals surface area contributed by atoms with Crippen molar-refractivity contribution in [3.63, 3.8) is 0 Å². The van der Waals surface area contributed by atoms with Crippen molar-refractivity contribution >= 4 is 46.4 Å². The van der Waals surface area contributed by atoms with Crippen molar-refractivity contribution in [2.24, 2.45) is 0 Å². The molecule has 0 spiro atoms. The van der Waals surface area contributed by atoms with Crippen LogP contribution in [-0.4, -0.2) is 47.5 Å². The summed E-state index contributed by atoms with van der Waals surface area (Å²) in [4.78, 5) is 51.3. The van der Waals surface area contributed by atoms with E-state index in [2.05, 4.69) is 5.32 Å². The highest BCUT2D eigenvalue weighted by atomic mass is 32.2. The van der Waals surface area contributed by atoms with Gasteiger partial charge in [0.15, 0.2) is 23.9 Å². The Hall–Kier alpha value is -4.37. The molecule has 1 saturated heterocycles. The normalized spacial score (nSPS) is 14.1. The number of thioether (sulfide) groups is 1. The molecule has 194 valence electrons. The predicted octanol–water partition coefficient (Wildman–Crippen LogP) is 5.33. The van der Waals surface area contributed by atoms with Crippen LogP contribution in [-0.2, 0) is 9.59 Å². The molecule has 0 bridgehead atoms. The van der Waals surface area contributed by atoms with E-state index in [9.17, 15) is 19.2 Å². The topological polar surface area (TPSA) is 102 Å². The SMILES string of the molecule is CCOc1cc(/C=C2/SC(=O)N(CC(=O)c3ccccc3)C2=O)ccc1OCC(=O)Nc1cccc(C)c1. The second-order valence-corrected chi connectivity index (χ2v) is 9.40. The third-order valence-electron chi connectivity index (χ3n) is 5.50. The zero-order valence-corrected chi connectivity index (χ0v) is 21.7. The summed E-state index contributed by atoms with van der Waals surface area (Å²) in [5, 5.41) is 2.28. The molecule has 3 aromatic carbocycles. The molecular weight excluding hydrogens is 504 g/mol. The molecule has 8 nitrogen and oxygen atoms in total. The average molecular weight is 531 g/mol. The monoisotopic (exact) mass is 530 g/mol. The maximum atomic E-state index is 12.9. The number of carbonyl (C=O) groups is 4. The Bertz CT molecular complexity index is 1400. The van der Waals surface area contributed by atoms with E-state index in [1.54, 1.807) is 60.7 Å². The van der Waals surface area contributed by atoms with Gasteiger partial charge in [-0.05, 0) is 67.1 Å². The number of carbonyl (C=O) groups excluding carboxylic acids is 4. The number of amides is 3. The quantitative estimate of drug-likeness (QED) is 0.279. The molecule has 1 heterocycles. The average Bonchev–Trinajstić information content (AvgIpc) is 3.16. The summed E-state index contributed by atoms with van der Waals surface area (Å²) in [7, 11) is 0. The van der Waals surface area contributed by atoms with Crippen LogP contribution in [0.15, 0.2) is 77.7 Å². The lowest BCUT2D eigenvalue weighted by Crippen LogP contribution is -2.33. The van der Waals surface area contributed by atoms with Gasteiger partial charge in [-0.2, -0.15) is 0 Å². The second kappa shape index (κ2) is 12.2. The number of aryl methyl sites for hydroxylation is 1. The lowest BCUT2D eigenvalue weighted by molar-refractivity contribution is -0.122. The van der Waals surface area contributed by atoms with Crippen molar-refractivity contribution < 1.29 is 28.7 Å². The zero-order chi connectivity index (χ0) is 27.1. The van der Waals surface area contributed by atoms with Gasteiger partial charge in [-0.25, -0.2) is 0 Å². The van der Waals surface area contributed by atoms with E-state index in [1.807, 2.05) is 32.0 Å². The molecular formula is C29H26N2O6S. The van der Waals surface area contributed by atoms with Crippen molar-refractivity contribution in [2.75, 3.05) is 25.1 Å². The Morgan fingerprint density at radius 2 is 1.74 bits per heavy atom. The molecule has 3 amide bonds. The van der Waals surface area contributed by atoms with E-state index >= 15 is 0 Å². The number of Topliss-reactive ketones (excluding diaryl/α,β-unsaturated/α-hetero) is 1. The minimum absolute atomic E-state index is 0.199. The standard InChI is InChI=1S/C29H26N2O6S/c1-3-36-25-15-20(12-13-24(25)37-18-27(33)30-22-11-7-8-19(2)14-22)16-26-28(34)31(29(35)38-26)17-23(32)21-9-5-4-6-10-21/h4-16H,3,17-18H2,1-2H3,(H,30,33)/b26-16+.